The van der Waals surface area contributed by atoms with E-state index in [0.717, 1.165) is 25.7 Å². The van der Waals surface area contributed by atoms with E-state index in [2.05, 4.69) is 39.1 Å². The van der Waals surface area contributed by atoms with Crippen molar-refractivity contribution in [1.29, 1.82) is 0 Å². The van der Waals surface area contributed by atoms with Gasteiger partial charge >= 0.3 is 0 Å². The van der Waals surface area contributed by atoms with Gasteiger partial charge in [-0.15, -0.1) is 0 Å². The molecule has 0 aromatic heterocycles. The number of Topliss-reactive ketones (excluding diaryl/α,β-unsaturated/α-hetero) is 1. The Hall–Kier alpha value is -1.69. The van der Waals surface area contributed by atoms with E-state index in [9.17, 15) is 18.9 Å². The van der Waals surface area contributed by atoms with Crippen LogP contribution in [0.5, 0.6) is 0 Å². The molecule has 172 valence electrons. The number of ketones is 2. The van der Waals surface area contributed by atoms with E-state index in [4.69, 9.17) is 0 Å². The van der Waals surface area contributed by atoms with E-state index in [1.807, 2.05) is 0 Å². The third-order valence-corrected chi connectivity index (χ3v) is 9.25. The molecule has 0 saturated heterocycles. The molecule has 0 amide bonds. The Morgan fingerprint density at radius 1 is 1.26 bits per heavy atom. The fraction of sp³-hybridized carbons (Fsp3) is 0.680. The van der Waals surface area contributed by atoms with Crippen LogP contribution in [0, 0.1) is 22.7 Å². The van der Waals surface area contributed by atoms with E-state index in [1.54, 1.807) is 6.26 Å². The summed E-state index contributed by atoms with van der Waals surface area (Å²) in [5, 5.41) is 14.0. The lowest BCUT2D eigenvalue weighted by molar-refractivity contribution is -0.132. The highest BCUT2D eigenvalue weighted by Gasteiger charge is 2.54. The van der Waals surface area contributed by atoms with Crippen LogP contribution in [-0.2, 0) is 20.4 Å². The maximum atomic E-state index is 12.8. The highest BCUT2D eigenvalue weighted by molar-refractivity contribution is 7.84. The Morgan fingerprint density at radius 3 is 2.65 bits per heavy atom. The van der Waals surface area contributed by atoms with Crippen molar-refractivity contribution in [2.75, 3.05) is 18.6 Å². The Morgan fingerprint density at radius 2 is 1.97 bits per heavy atom. The Kier molecular flexibility index (Phi) is 6.99. The smallest absolute Gasteiger partial charge is 0.232 e. The van der Waals surface area contributed by atoms with Crippen molar-refractivity contribution in [3.8, 4) is 0 Å². The minimum absolute atomic E-state index is 0.0917. The molecule has 2 N–H and O–H groups in total. The second kappa shape index (κ2) is 9.05. The van der Waals surface area contributed by atoms with E-state index in [-0.39, 0.29) is 22.2 Å². The Balaban J connectivity index is 1.89. The number of aliphatic hydroxyl groups is 1. The van der Waals surface area contributed by atoms with Gasteiger partial charge in [0.1, 0.15) is 5.76 Å². The number of fused-ring (bicyclic) bond motifs is 1. The highest BCUT2D eigenvalue weighted by Crippen LogP contribution is 2.62. The topological polar surface area (TPSA) is 83.5 Å². The summed E-state index contributed by atoms with van der Waals surface area (Å²) in [5.41, 5.74) is 1.92. The lowest BCUT2D eigenvalue weighted by atomic mass is 9.46. The first-order valence-electron chi connectivity index (χ1n) is 11.4. The number of nitrogens with one attached hydrogen (secondary N) is 1. The molecule has 1 fully saturated rings. The van der Waals surface area contributed by atoms with Gasteiger partial charge in [0.15, 0.2) is 0 Å². The zero-order valence-electron chi connectivity index (χ0n) is 19.5. The summed E-state index contributed by atoms with van der Waals surface area (Å²) in [7, 11) is -0.886. The Bertz CT molecular complexity index is 886. The molecule has 5 nitrogen and oxygen atoms in total. The number of allylic oxidation sites excluding steroid dienone is 4. The van der Waals surface area contributed by atoms with Gasteiger partial charge in [0.2, 0.25) is 11.6 Å². The lowest BCUT2D eigenvalue weighted by Gasteiger charge is -2.58. The minimum atomic E-state index is -0.886. The van der Waals surface area contributed by atoms with Crippen molar-refractivity contribution in [3.05, 3.63) is 34.8 Å². The first-order valence-corrected chi connectivity index (χ1v) is 13.2. The first kappa shape index (κ1) is 24.0. The fourth-order valence-corrected chi connectivity index (χ4v) is 6.62. The molecule has 0 aromatic carbocycles. The van der Waals surface area contributed by atoms with Crippen LogP contribution in [0.25, 0.3) is 0 Å². The third-order valence-electron chi connectivity index (χ3n) is 8.39. The van der Waals surface area contributed by atoms with Gasteiger partial charge in [0.05, 0.1) is 5.70 Å². The summed E-state index contributed by atoms with van der Waals surface area (Å²) in [4.78, 5) is 25.3. The van der Waals surface area contributed by atoms with Gasteiger partial charge in [0.25, 0.3) is 0 Å². The number of hydrogen-bond donors (Lipinski definition) is 2. The third kappa shape index (κ3) is 4.46. The molecule has 31 heavy (non-hydrogen) atoms. The maximum absolute atomic E-state index is 12.8. The van der Waals surface area contributed by atoms with Crippen molar-refractivity contribution in [2.45, 2.75) is 66.2 Å². The largest absolute Gasteiger partial charge is 0.505 e. The lowest BCUT2D eigenvalue weighted by Crippen LogP contribution is -2.50. The summed E-state index contributed by atoms with van der Waals surface area (Å²) in [6, 6.07) is 0. The van der Waals surface area contributed by atoms with Crippen LogP contribution in [0.4, 0.5) is 0 Å². The van der Waals surface area contributed by atoms with Crippen molar-refractivity contribution in [3.63, 3.8) is 0 Å². The van der Waals surface area contributed by atoms with Gasteiger partial charge in [-0.1, -0.05) is 32.4 Å². The predicted molar refractivity (Wildman–Crippen MR) is 125 cm³/mol. The second-order valence-corrected chi connectivity index (χ2v) is 11.7. The second-order valence-electron chi connectivity index (χ2n) is 10.2. The Labute approximate surface area is 188 Å². The average molecular weight is 448 g/mol. The van der Waals surface area contributed by atoms with Crippen LogP contribution < -0.4 is 5.32 Å². The zero-order chi connectivity index (χ0) is 23.0. The van der Waals surface area contributed by atoms with Crippen LogP contribution in [0.1, 0.15) is 66.2 Å². The molecule has 0 aromatic rings. The normalized spacial score (nSPS) is 34.7. The zero-order valence-corrected chi connectivity index (χ0v) is 20.4. The monoisotopic (exact) mass is 447 g/mol. The number of carbonyl (C=O) groups excluding carboxylic acids is 2. The quantitative estimate of drug-likeness (QED) is 0.262. The summed E-state index contributed by atoms with van der Waals surface area (Å²) in [5.74, 6) is 0.0874. The number of aliphatic hydroxyl groups excluding tert-OH is 1. The molecular formula is C25H37NO4S. The molecule has 0 radical (unpaired) electrons. The molecule has 6 heteroatoms. The molecule has 5 atom stereocenters. The number of rotatable bonds is 7. The standard InChI is InChI=1S/C25H37NO4S/c1-16-8-6-9-21-24(16,3)11-10-17(2)25(21,4)15-18-22(28)19(14-20(27)23(18)29)26-12-7-13-31(5)30/h8,14,17,21,26,28H,6-7,9-13,15H2,1-5H3. The minimum Gasteiger partial charge on any atom is -0.505 e. The fourth-order valence-electron chi connectivity index (χ4n) is 6.07. The van der Waals surface area contributed by atoms with Crippen LogP contribution in [0.2, 0.25) is 0 Å². The molecule has 3 aliphatic carbocycles. The molecule has 0 heterocycles. The molecule has 0 spiro atoms. The predicted octanol–water partition coefficient (Wildman–Crippen LogP) is 4.38. The molecule has 1 saturated carbocycles. The highest BCUT2D eigenvalue weighted by atomic mass is 32.2. The van der Waals surface area contributed by atoms with Crippen LogP contribution in [0.3, 0.4) is 0 Å². The SMILES string of the molecule is CC1=CCCC2C1(C)CCC(C)C2(C)CC1=C(O)C(NCCCS(C)=O)=CC(=O)C1=O. The van der Waals surface area contributed by atoms with E-state index < -0.39 is 22.4 Å². The summed E-state index contributed by atoms with van der Waals surface area (Å²) in [6.45, 7) is 9.56. The molecule has 0 aliphatic heterocycles. The molecule has 5 unspecified atom stereocenters. The molecular weight excluding hydrogens is 410 g/mol. The van der Waals surface area contributed by atoms with Gasteiger partial charge in [-0.05, 0) is 68.1 Å². The van der Waals surface area contributed by atoms with Crippen LogP contribution >= 0.6 is 0 Å². The van der Waals surface area contributed by atoms with E-state index in [0.29, 0.717) is 42.7 Å². The molecule has 3 rings (SSSR count). The van der Waals surface area contributed by atoms with Crippen LogP contribution in [0.15, 0.2) is 34.8 Å². The van der Waals surface area contributed by atoms with Crippen molar-refractivity contribution >= 4 is 22.4 Å². The van der Waals surface area contributed by atoms with E-state index >= 15 is 0 Å². The van der Waals surface area contributed by atoms with Gasteiger partial charge in [-0.3, -0.25) is 13.8 Å². The van der Waals surface area contributed by atoms with Crippen molar-refractivity contribution in [1.82, 2.24) is 5.32 Å². The van der Waals surface area contributed by atoms with Crippen LogP contribution in [-0.4, -0.2) is 39.4 Å². The van der Waals surface area contributed by atoms with E-state index in [1.165, 1.54) is 11.6 Å². The number of carbonyl (C=O) groups is 2. The number of hydrogen-bond acceptors (Lipinski definition) is 5. The molecule has 0 bridgehead atoms. The van der Waals surface area contributed by atoms with Gasteiger partial charge in [-0.25, -0.2) is 0 Å². The average Bonchev–Trinajstić information content (AvgIpc) is 2.71. The summed E-state index contributed by atoms with van der Waals surface area (Å²) >= 11 is 0. The van der Waals surface area contributed by atoms with Gasteiger partial charge < -0.3 is 10.4 Å². The van der Waals surface area contributed by atoms with Gasteiger partial charge in [-0.2, -0.15) is 0 Å². The first-order chi connectivity index (χ1) is 14.5. The van der Waals surface area contributed by atoms with Gasteiger partial charge in [0, 0.05) is 41.0 Å². The van der Waals surface area contributed by atoms with Crippen molar-refractivity contribution in [2.24, 2.45) is 22.7 Å². The summed E-state index contributed by atoms with van der Waals surface area (Å²) < 4.78 is 11.3. The van der Waals surface area contributed by atoms with Crippen molar-refractivity contribution < 1.29 is 18.9 Å². The molecule has 3 aliphatic rings. The maximum Gasteiger partial charge on any atom is 0.232 e. The summed E-state index contributed by atoms with van der Waals surface area (Å²) in [6.07, 6.45) is 10.6.